The maximum atomic E-state index is 5.57. The van der Waals surface area contributed by atoms with E-state index in [1.165, 1.54) is 18.4 Å². The Morgan fingerprint density at radius 3 is 2.53 bits per heavy atom. The van der Waals surface area contributed by atoms with Crippen molar-refractivity contribution in [2.45, 2.75) is 31.8 Å². The minimum atomic E-state index is 0.617. The Labute approximate surface area is 116 Å². The second-order valence-corrected chi connectivity index (χ2v) is 5.98. The molecule has 1 saturated carbocycles. The summed E-state index contributed by atoms with van der Waals surface area (Å²) in [4.78, 5) is 3.11. The van der Waals surface area contributed by atoms with E-state index in [1.807, 2.05) is 0 Å². The molecule has 0 amide bonds. The molecule has 0 radical (unpaired) electrons. The van der Waals surface area contributed by atoms with Gasteiger partial charge >= 0.3 is 0 Å². The van der Waals surface area contributed by atoms with Crippen LogP contribution in [0.15, 0.2) is 28.7 Å². The quantitative estimate of drug-likeness (QED) is 0.818. The van der Waals surface area contributed by atoms with Gasteiger partial charge in [0.15, 0.2) is 0 Å². The Morgan fingerprint density at radius 1 is 1.35 bits per heavy atom. The number of nitrogens with zero attached hydrogens (tertiary/aromatic N) is 1. The van der Waals surface area contributed by atoms with Crippen LogP contribution in [0.1, 0.15) is 24.8 Å². The standard InChI is InChI=1S/C13H17BrN2S/c14-11-3-1-10(2-4-11)9-16(12-5-6-12)8-7-13(15)17/h1-4,12H,5-9H2,(H2,15,17). The van der Waals surface area contributed by atoms with Crippen molar-refractivity contribution in [3.05, 3.63) is 34.3 Å². The van der Waals surface area contributed by atoms with Crippen molar-refractivity contribution < 1.29 is 0 Å². The Balaban J connectivity index is 1.92. The number of thiocarbonyl (C=S) groups is 1. The first-order valence-electron chi connectivity index (χ1n) is 5.92. The Bertz CT molecular complexity index is 387. The SMILES string of the molecule is NC(=S)CCN(Cc1ccc(Br)cc1)C1CC1. The van der Waals surface area contributed by atoms with Gasteiger partial charge in [0.1, 0.15) is 0 Å². The summed E-state index contributed by atoms with van der Waals surface area (Å²) < 4.78 is 1.13. The molecular weight excluding hydrogens is 296 g/mol. The summed E-state index contributed by atoms with van der Waals surface area (Å²) in [7, 11) is 0. The van der Waals surface area contributed by atoms with Crippen molar-refractivity contribution in [3.63, 3.8) is 0 Å². The van der Waals surface area contributed by atoms with Gasteiger partial charge in [0, 0.05) is 30.0 Å². The maximum absolute atomic E-state index is 5.57. The van der Waals surface area contributed by atoms with E-state index < -0.39 is 0 Å². The largest absolute Gasteiger partial charge is 0.393 e. The second-order valence-electron chi connectivity index (χ2n) is 4.54. The molecule has 1 aromatic rings. The van der Waals surface area contributed by atoms with Gasteiger partial charge in [0.05, 0.1) is 4.99 Å². The van der Waals surface area contributed by atoms with Crippen LogP contribution in [0.3, 0.4) is 0 Å². The van der Waals surface area contributed by atoms with Gasteiger partial charge < -0.3 is 5.73 Å². The zero-order valence-corrected chi connectivity index (χ0v) is 12.1. The average Bonchev–Trinajstić information content (AvgIpc) is 3.10. The molecular formula is C13H17BrN2S. The van der Waals surface area contributed by atoms with Gasteiger partial charge in [-0.15, -0.1) is 0 Å². The molecule has 0 bridgehead atoms. The molecule has 1 aromatic carbocycles. The van der Waals surface area contributed by atoms with E-state index in [1.54, 1.807) is 0 Å². The predicted octanol–water partition coefficient (Wildman–Crippen LogP) is 3.09. The molecule has 0 spiro atoms. The van der Waals surface area contributed by atoms with Gasteiger partial charge in [0.2, 0.25) is 0 Å². The van der Waals surface area contributed by atoms with E-state index in [-0.39, 0.29) is 0 Å². The summed E-state index contributed by atoms with van der Waals surface area (Å²) >= 11 is 8.40. The fraction of sp³-hybridized carbons (Fsp3) is 0.462. The molecule has 2 rings (SSSR count). The molecule has 4 heteroatoms. The third kappa shape index (κ3) is 4.37. The number of hydrogen-bond donors (Lipinski definition) is 1. The highest BCUT2D eigenvalue weighted by Crippen LogP contribution is 2.28. The molecule has 0 aliphatic heterocycles. The molecule has 0 atom stereocenters. The second kappa shape index (κ2) is 5.94. The monoisotopic (exact) mass is 312 g/mol. The molecule has 0 heterocycles. The van der Waals surface area contributed by atoms with E-state index >= 15 is 0 Å². The first-order chi connectivity index (χ1) is 8.15. The fourth-order valence-corrected chi connectivity index (χ4v) is 2.26. The Kier molecular flexibility index (Phi) is 4.54. The molecule has 1 aliphatic carbocycles. The summed E-state index contributed by atoms with van der Waals surface area (Å²) in [5.74, 6) is 0. The number of nitrogens with two attached hydrogens (primary N) is 1. The van der Waals surface area contributed by atoms with Crippen LogP contribution in [-0.4, -0.2) is 22.5 Å². The van der Waals surface area contributed by atoms with Crippen LogP contribution < -0.4 is 5.73 Å². The van der Waals surface area contributed by atoms with Crippen molar-refractivity contribution in [2.24, 2.45) is 5.73 Å². The van der Waals surface area contributed by atoms with Crippen molar-refractivity contribution in [3.8, 4) is 0 Å². The lowest BCUT2D eigenvalue weighted by atomic mass is 10.2. The van der Waals surface area contributed by atoms with Crippen molar-refractivity contribution >= 4 is 33.1 Å². The summed E-state index contributed by atoms with van der Waals surface area (Å²) in [6.45, 7) is 1.98. The third-order valence-corrected chi connectivity index (χ3v) is 3.74. The van der Waals surface area contributed by atoms with Crippen molar-refractivity contribution in [2.75, 3.05) is 6.54 Å². The molecule has 2 nitrogen and oxygen atoms in total. The van der Waals surface area contributed by atoms with Gasteiger partial charge in [0.25, 0.3) is 0 Å². The van der Waals surface area contributed by atoms with E-state index in [9.17, 15) is 0 Å². The Hall–Kier alpha value is -0.450. The van der Waals surface area contributed by atoms with Gasteiger partial charge in [-0.3, -0.25) is 4.90 Å². The predicted molar refractivity (Wildman–Crippen MR) is 79.0 cm³/mol. The molecule has 0 aromatic heterocycles. The first kappa shape index (κ1) is 13.0. The molecule has 0 saturated heterocycles. The van der Waals surface area contributed by atoms with Gasteiger partial charge in [-0.2, -0.15) is 0 Å². The fourth-order valence-electron chi connectivity index (χ4n) is 1.91. The lowest BCUT2D eigenvalue weighted by Crippen LogP contribution is -2.29. The number of hydrogen-bond acceptors (Lipinski definition) is 2. The highest BCUT2D eigenvalue weighted by atomic mass is 79.9. The van der Waals surface area contributed by atoms with Crippen LogP contribution in [0, 0.1) is 0 Å². The van der Waals surface area contributed by atoms with Crippen molar-refractivity contribution in [1.29, 1.82) is 0 Å². The summed E-state index contributed by atoms with van der Waals surface area (Å²) in [6, 6.07) is 9.26. The third-order valence-electron chi connectivity index (χ3n) is 3.01. The number of halogens is 1. The lowest BCUT2D eigenvalue weighted by molar-refractivity contribution is 0.262. The van der Waals surface area contributed by atoms with Gasteiger partial charge in [-0.1, -0.05) is 40.3 Å². The smallest absolute Gasteiger partial charge is 0.0740 e. The van der Waals surface area contributed by atoms with Crippen LogP contribution in [0.4, 0.5) is 0 Å². The number of benzene rings is 1. The Morgan fingerprint density at radius 2 is 2.00 bits per heavy atom. The van der Waals surface area contributed by atoms with E-state index in [4.69, 9.17) is 18.0 Å². The molecule has 1 aliphatic rings. The van der Waals surface area contributed by atoms with E-state index in [0.29, 0.717) is 4.99 Å². The van der Waals surface area contributed by atoms with Crippen LogP contribution in [-0.2, 0) is 6.54 Å². The summed E-state index contributed by atoms with van der Waals surface area (Å²) in [5, 5.41) is 0. The summed E-state index contributed by atoms with van der Waals surface area (Å²) in [5.41, 5.74) is 6.92. The van der Waals surface area contributed by atoms with Crippen molar-refractivity contribution in [1.82, 2.24) is 4.90 Å². The molecule has 2 N–H and O–H groups in total. The lowest BCUT2D eigenvalue weighted by Gasteiger charge is -2.21. The molecule has 1 fully saturated rings. The van der Waals surface area contributed by atoms with E-state index in [0.717, 1.165) is 30.0 Å². The highest BCUT2D eigenvalue weighted by Gasteiger charge is 2.28. The van der Waals surface area contributed by atoms with Gasteiger partial charge in [-0.05, 0) is 30.5 Å². The highest BCUT2D eigenvalue weighted by molar-refractivity contribution is 9.10. The molecule has 17 heavy (non-hydrogen) atoms. The van der Waals surface area contributed by atoms with E-state index in [2.05, 4.69) is 45.1 Å². The average molecular weight is 313 g/mol. The van der Waals surface area contributed by atoms with Gasteiger partial charge in [-0.25, -0.2) is 0 Å². The zero-order chi connectivity index (χ0) is 12.3. The molecule has 0 unspecified atom stereocenters. The summed E-state index contributed by atoms with van der Waals surface area (Å²) in [6.07, 6.45) is 3.45. The van der Waals surface area contributed by atoms with Crippen LogP contribution >= 0.6 is 28.1 Å². The van der Waals surface area contributed by atoms with Crippen LogP contribution in [0.5, 0.6) is 0 Å². The van der Waals surface area contributed by atoms with Crippen LogP contribution in [0.25, 0.3) is 0 Å². The van der Waals surface area contributed by atoms with Crippen LogP contribution in [0.2, 0.25) is 0 Å². The minimum Gasteiger partial charge on any atom is -0.393 e. The maximum Gasteiger partial charge on any atom is 0.0740 e. The zero-order valence-electron chi connectivity index (χ0n) is 9.73. The number of rotatable bonds is 6. The topological polar surface area (TPSA) is 29.3 Å². The molecule has 92 valence electrons. The first-order valence-corrected chi connectivity index (χ1v) is 7.12. The normalized spacial score (nSPS) is 15.2. The minimum absolute atomic E-state index is 0.617.